The van der Waals surface area contributed by atoms with Gasteiger partial charge in [0, 0.05) is 31.9 Å². The summed E-state index contributed by atoms with van der Waals surface area (Å²) in [5, 5.41) is 6.29. The fraction of sp³-hybridized carbons (Fsp3) is 0.476. The van der Waals surface area contributed by atoms with Crippen LogP contribution in [-0.2, 0) is 4.74 Å². The van der Waals surface area contributed by atoms with E-state index in [1.165, 1.54) is 0 Å². The number of benzene rings is 1. The third kappa shape index (κ3) is 5.58. The molecule has 1 amide bonds. The van der Waals surface area contributed by atoms with Gasteiger partial charge in [0.05, 0.1) is 0 Å². The summed E-state index contributed by atoms with van der Waals surface area (Å²) >= 11 is 0. The van der Waals surface area contributed by atoms with E-state index in [0.29, 0.717) is 6.04 Å². The number of rotatable bonds is 5. The first-order valence-electron chi connectivity index (χ1n) is 9.73. The normalized spacial score (nSPS) is 19.0. The molecule has 0 bridgehead atoms. The summed E-state index contributed by atoms with van der Waals surface area (Å²) in [5.41, 5.74) is 1.91. The van der Waals surface area contributed by atoms with E-state index in [1.54, 1.807) is 0 Å². The van der Waals surface area contributed by atoms with Crippen LogP contribution in [0.5, 0.6) is 0 Å². The highest BCUT2D eigenvalue weighted by molar-refractivity contribution is 5.84. The number of carbonyl (C=O) groups excluding carboxylic acids is 1. The standard InChI is InChI=1S/C21H29N5O2/c1-14-5-7-17(8-6-14)25-21(27)28-18-11-9-16(10-12-18)24-19-13-20(26(3)4)23-15(2)22-19/h5-8,13,16,18H,9-12H2,1-4H3,(H,25,27)(H,22,23,24). The highest BCUT2D eigenvalue weighted by Crippen LogP contribution is 2.25. The zero-order chi connectivity index (χ0) is 20.1. The number of nitrogens with zero attached hydrogens (tertiary/aromatic N) is 3. The Kier molecular flexibility index (Phi) is 6.34. The van der Waals surface area contributed by atoms with Crippen molar-refractivity contribution in [3.8, 4) is 0 Å². The number of hydrogen-bond acceptors (Lipinski definition) is 6. The van der Waals surface area contributed by atoms with Crippen molar-refractivity contribution in [3.63, 3.8) is 0 Å². The van der Waals surface area contributed by atoms with E-state index in [2.05, 4.69) is 20.6 Å². The molecule has 1 aromatic heterocycles. The lowest BCUT2D eigenvalue weighted by Gasteiger charge is -2.29. The fourth-order valence-corrected chi connectivity index (χ4v) is 3.32. The van der Waals surface area contributed by atoms with Crippen LogP contribution in [0.15, 0.2) is 30.3 Å². The Hall–Kier alpha value is -2.83. The topological polar surface area (TPSA) is 79.4 Å². The Morgan fingerprint density at radius 2 is 1.75 bits per heavy atom. The molecule has 1 aromatic carbocycles. The fourth-order valence-electron chi connectivity index (χ4n) is 3.32. The molecular formula is C21H29N5O2. The van der Waals surface area contributed by atoms with Crippen LogP contribution >= 0.6 is 0 Å². The van der Waals surface area contributed by atoms with Gasteiger partial charge in [0.25, 0.3) is 0 Å². The maximum absolute atomic E-state index is 12.1. The molecule has 1 saturated carbocycles. The van der Waals surface area contributed by atoms with Crippen LogP contribution in [0, 0.1) is 13.8 Å². The molecule has 1 aliphatic rings. The van der Waals surface area contributed by atoms with Gasteiger partial charge in [0.2, 0.25) is 0 Å². The Balaban J connectivity index is 1.46. The lowest BCUT2D eigenvalue weighted by Crippen LogP contribution is -2.32. The van der Waals surface area contributed by atoms with E-state index in [9.17, 15) is 4.79 Å². The van der Waals surface area contributed by atoms with Crippen LogP contribution in [0.25, 0.3) is 0 Å². The maximum Gasteiger partial charge on any atom is 0.411 e. The molecule has 3 rings (SSSR count). The molecular weight excluding hydrogens is 354 g/mol. The summed E-state index contributed by atoms with van der Waals surface area (Å²) in [4.78, 5) is 23.0. The van der Waals surface area contributed by atoms with Crippen LogP contribution in [0.2, 0.25) is 0 Å². The molecule has 0 atom stereocenters. The van der Waals surface area contributed by atoms with Gasteiger partial charge in [-0.1, -0.05) is 17.7 Å². The predicted molar refractivity (Wildman–Crippen MR) is 112 cm³/mol. The number of ether oxygens (including phenoxy) is 1. The van der Waals surface area contributed by atoms with Gasteiger partial charge in [-0.05, 0) is 51.7 Å². The monoisotopic (exact) mass is 383 g/mol. The van der Waals surface area contributed by atoms with Crippen LogP contribution in [0.3, 0.4) is 0 Å². The molecule has 0 spiro atoms. The SMILES string of the molecule is Cc1ccc(NC(=O)OC2CCC(Nc3cc(N(C)C)nc(C)n3)CC2)cc1. The van der Waals surface area contributed by atoms with Crippen molar-refractivity contribution in [2.75, 3.05) is 29.6 Å². The van der Waals surface area contributed by atoms with Gasteiger partial charge in [-0.25, -0.2) is 14.8 Å². The first-order valence-corrected chi connectivity index (χ1v) is 9.73. The molecule has 0 saturated heterocycles. The van der Waals surface area contributed by atoms with Crippen molar-refractivity contribution in [3.05, 3.63) is 41.7 Å². The molecule has 1 aliphatic carbocycles. The molecule has 7 nitrogen and oxygen atoms in total. The lowest BCUT2D eigenvalue weighted by molar-refractivity contribution is 0.0841. The molecule has 150 valence electrons. The van der Waals surface area contributed by atoms with E-state index in [4.69, 9.17) is 4.74 Å². The molecule has 28 heavy (non-hydrogen) atoms. The summed E-state index contributed by atoms with van der Waals surface area (Å²) in [6.07, 6.45) is 3.11. The highest BCUT2D eigenvalue weighted by atomic mass is 16.6. The highest BCUT2D eigenvalue weighted by Gasteiger charge is 2.24. The summed E-state index contributed by atoms with van der Waals surface area (Å²) in [5.74, 6) is 2.48. The molecule has 2 aromatic rings. The summed E-state index contributed by atoms with van der Waals surface area (Å²) in [7, 11) is 3.94. The quantitative estimate of drug-likeness (QED) is 0.808. The van der Waals surface area contributed by atoms with E-state index in [0.717, 1.165) is 54.4 Å². The molecule has 1 fully saturated rings. The smallest absolute Gasteiger partial charge is 0.411 e. The summed E-state index contributed by atoms with van der Waals surface area (Å²) < 4.78 is 5.58. The van der Waals surface area contributed by atoms with E-state index < -0.39 is 0 Å². The van der Waals surface area contributed by atoms with Crippen LogP contribution in [0.4, 0.5) is 22.1 Å². The predicted octanol–water partition coefficient (Wildman–Crippen LogP) is 4.13. The average Bonchev–Trinajstić information content (AvgIpc) is 2.65. The first-order chi connectivity index (χ1) is 13.4. The zero-order valence-corrected chi connectivity index (χ0v) is 17.0. The molecule has 0 unspecified atom stereocenters. The van der Waals surface area contributed by atoms with Gasteiger partial charge < -0.3 is 15.0 Å². The number of amides is 1. The van der Waals surface area contributed by atoms with Crippen molar-refractivity contribution >= 4 is 23.4 Å². The van der Waals surface area contributed by atoms with Gasteiger partial charge in [0.1, 0.15) is 23.6 Å². The van der Waals surface area contributed by atoms with Gasteiger partial charge in [-0.2, -0.15) is 0 Å². The largest absolute Gasteiger partial charge is 0.446 e. The molecule has 2 N–H and O–H groups in total. The number of anilines is 3. The Labute approximate surface area is 166 Å². The number of aryl methyl sites for hydroxylation is 2. The zero-order valence-electron chi connectivity index (χ0n) is 17.0. The molecule has 0 aliphatic heterocycles. The summed E-state index contributed by atoms with van der Waals surface area (Å²) in [6, 6.07) is 9.97. The van der Waals surface area contributed by atoms with Gasteiger partial charge in [-0.15, -0.1) is 0 Å². The Morgan fingerprint density at radius 3 is 2.39 bits per heavy atom. The number of hydrogen-bond donors (Lipinski definition) is 2. The minimum atomic E-state index is -0.387. The first kappa shape index (κ1) is 19.9. The second kappa shape index (κ2) is 8.91. The molecule has 0 radical (unpaired) electrons. The van der Waals surface area contributed by atoms with Crippen molar-refractivity contribution < 1.29 is 9.53 Å². The van der Waals surface area contributed by atoms with Crippen LogP contribution in [-0.4, -0.2) is 42.3 Å². The van der Waals surface area contributed by atoms with Crippen molar-refractivity contribution in [2.45, 2.75) is 51.7 Å². The van der Waals surface area contributed by atoms with Crippen molar-refractivity contribution in [1.29, 1.82) is 0 Å². The van der Waals surface area contributed by atoms with Gasteiger partial charge in [0.15, 0.2) is 0 Å². The molecule has 1 heterocycles. The third-order valence-corrected chi connectivity index (χ3v) is 4.88. The van der Waals surface area contributed by atoms with Crippen LogP contribution in [0.1, 0.15) is 37.1 Å². The van der Waals surface area contributed by atoms with Crippen molar-refractivity contribution in [1.82, 2.24) is 9.97 Å². The van der Waals surface area contributed by atoms with Gasteiger partial charge >= 0.3 is 6.09 Å². The Bertz CT molecular complexity index is 799. The van der Waals surface area contributed by atoms with Gasteiger partial charge in [-0.3, -0.25) is 5.32 Å². The lowest BCUT2D eigenvalue weighted by atomic mass is 9.93. The second-order valence-electron chi connectivity index (χ2n) is 7.57. The van der Waals surface area contributed by atoms with Crippen LogP contribution < -0.4 is 15.5 Å². The average molecular weight is 383 g/mol. The van der Waals surface area contributed by atoms with E-state index >= 15 is 0 Å². The maximum atomic E-state index is 12.1. The van der Waals surface area contributed by atoms with E-state index in [-0.39, 0.29) is 12.2 Å². The van der Waals surface area contributed by atoms with E-state index in [1.807, 2.05) is 63.2 Å². The number of carbonyl (C=O) groups is 1. The second-order valence-corrected chi connectivity index (χ2v) is 7.57. The third-order valence-electron chi connectivity index (χ3n) is 4.88. The summed E-state index contributed by atoms with van der Waals surface area (Å²) in [6.45, 7) is 3.91. The van der Waals surface area contributed by atoms with Crippen molar-refractivity contribution in [2.24, 2.45) is 0 Å². The number of nitrogens with one attached hydrogen (secondary N) is 2. The Morgan fingerprint density at radius 1 is 1.07 bits per heavy atom. The molecule has 7 heteroatoms. The minimum absolute atomic E-state index is 0.0482. The number of aromatic nitrogens is 2. The minimum Gasteiger partial charge on any atom is -0.446 e.